The standard InChI is InChI=1S/C29H44N4O6/c1-5-6-12-30(14-8-15-33(2,3)4)27(35)19-32-17-22(21-10-11-24-25(16-21)39-20-38-24)28(29(36)37)23(32)18-31-13-7-9-26(31)34/h10-11,16,22-23,28H,5-9,12-15,17-20H2,1-4H3/p+1. The van der Waals surface area contributed by atoms with Crippen molar-refractivity contribution in [3.63, 3.8) is 0 Å². The van der Waals surface area contributed by atoms with Gasteiger partial charge in [0.05, 0.1) is 40.2 Å². The molecule has 2 saturated heterocycles. The Hall–Kier alpha value is -2.85. The number of carbonyl (C=O) groups is 3. The number of nitrogens with zero attached hydrogens (tertiary/aromatic N) is 4. The molecule has 216 valence electrons. The molecule has 0 aromatic heterocycles. The summed E-state index contributed by atoms with van der Waals surface area (Å²) in [6.45, 7) is 6.13. The first kappa shape index (κ1) is 29.1. The molecule has 39 heavy (non-hydrogen) atoms. The normalized spacial score (nSPS) is 23.0. The molecule has 1 aromatic carbocycles. The molecule has 10 heteroatoms. The lowest BCUT2D eigenvalue weighted by atomic mass is 9.85. The predicted molar refractivity (Wildman–Crippen MR) is 147 cm³/mol. The molecule has 0 bridgehead atoms. The third-order valence-electron chi connectivity index (χ3n) is 8.17. The Morgan fingerprint density at radius 1 is 1.13 bits per heavy atom. The summed E-state index contributed by atoms with van der Waals surface area (Å²) >= 11 is 0. The predicted octanol–water partition coefficient (Wildman–Crippen LogP) is 2.23. The van der Waals surface area contributed by atoms with E-state index >= 15 is 0 Å². The summed E-state index contributed by atoms with van der Waals surface area (Å²) in [5.41, 5.74) is 0.852. The van der Waals surface area contributed by atoms with Crippen LogP contribution in [-0.2, 0) is 14.4 Å². The highest BCUT2D eigenvalue weighted by atomic mass is 16.7. The minimum atomic E-state index is -0.907. The number of likely N-dealkylation sites (tertiary alicyclic amines) is 2. The van der Waals surface area contributed by atoms with Gasteiger partial charge < -0.3 is 28.9 Å². The molecule has 0 spiro atoms. The van der Waals surface area contributed by atoms with Crippen molar-refractivity contribution in [3.8, 4) is 11.5 Å². The van der Waals surface area contributed by atoms with Crippen molar-refractivity contribution >= 4 is 17.8 Å². The summed E-state index contributed by atoms with van der Waals surface area (Å²) in [5.74, 6) is -0.658. The molecule has 0 aliphatic carbocycles. The van der Waals surface area contributed by atoms with E-state index in [1.165, 1.54) is 0 Å². The molecule has 10 nitrogen and oxygen atoms in total. The third-order valence-corrected chi connectivity index (χ3v) is 8.17. The molecule has 3 aliphatic rings. The molecule has 3 unspecified atom stereocenters. The largest absolute Gasteiger partial charge is 0.481 e. The summed E-state index contributed by atoms with van der Waals surface area (Å²) in [6.07, 6.45) is 4.11. The monoisotopic (exact) mass is 545 g/mol. The second-order valence-electron chi connectivity index (χ2n) is 12.1. The highest BCUT2D eigenvalue weighted by Gasteiger charge is 2.48. The zero-order chi connectivity index (χ0) is 28.2. The molecule has 3 heterocycles. The van der Waals surface area contributed by atoms with Crippen LogP contribution >= 0.6 is 0 Å². The van der Waals surface area contributed by atoms with Crippen LogP contribution in [0.4, 0.5) is 0 Å². The van der Waals surface area contributed by atoms with Crippen molar-refractivity contribution in [2.45, 2.75) is 51.0 Å². The maximum Gasteiger partial charge on any atom is 0.308 e. The van der Waals surface area contributed by atoms with Crippen molar-refractivity contribution in [1.82, 2.24) is 14.7 Å². The first-order chi connectivity index (χ1) is 18.6. The molecule has 2 fully saturated rings. The van der Waals surface area contributed by atoms with Crippen molar-refractivity contribution < 1.29 is 33.4 Å². The average Bonchev–Trinajstić information content (AvgIpc) is 3.59. The van der Waals surface area contributed by atoms with Gasteiger partial charge in [-0.1, -0.05) is 19.4 Å². The number of carboxylic acid groups (broad SMARTS) is 1. The van der Waals surface area contributed by atoms with Crippen molar-refractivity contribution in [2.24, 2.45) is 5.92 Å². The molecule has 1 aromatic rings. The van der Waals surface area contributed by atoms with Crippen LogP contribution in [0.3, 0.4) is 0 Å². The van der Waals surface area contributed by atoms with E-state index in [0.29, 0.717) is 50.6 Å². The topological polar surface area (TPSA) is 99.6 Å². The second-order valence-corrected chi connectivity index (χ2v) is 12.1. The lowest BCUT2D eigenvalue weighted by Crippen LogP contribution is -2.49. The zero-order valence-corrected chi connectivity index (χ0v) is 23.9. The van der Waals surface area contributed by atoms with Gasteiger partial charge in [-0.3, -0.25) is 19.3 Å². The number of hydrogen-bond donors (Lipinski definition) is 1. The van der Waals surface area contributed by atoms with Crippen LogP contribution in [0.15, 0.2) is 18.2 Å². The quantitative estimate of drug-likeness (QED) is 0.380. The minimum Gasteiger partial charge on any atom is -0.481 e. The number of carbonyl (C=O) groups excluding carboxylic acids is 2. The summed E-state index contributed by atoms with van der Waals surface area (Å²) in [6, 6.07) is 5.13. The van der Waals surface area contributed by atoms with E-state index in [1.54, 1.807) is 4.90 Å². The average molecular weight is 546 g/mol. The van der Waals surface area contributed by atoms with E-state index in [-0.39, 0.29) is 31.1 Å². The summed E-state index contributed by atoms with van der Waals surface area (Å²) in [5, 5.41) is 10.4. The zero-order valence-electron chi connectivity index (χ0n) is 23.9. The van der Waals surface area contributed by atoms with Gasteiger partial charge >= 0.3 is 5.97 Å². The number of amides is 2. The Labute approximate surface area is 232 Å². The molecular formula is C29H45N4O6+. The van der Waals surface area contributed by atoms with Crippen LogP contribution in [0.25, 0.3) is 0 Å². The molecule has 1 N–H and O–H groups in total. The van der Waals surface area contributed by atoms with Gasteiger partial charge in [-0.15, -0.1) is 0 Å². The Bertz CT molecular complexity index is 1040. The van der Waals surface area contributed by atoms with Gasteiger partial charge in [-0.2, -0.15) is 0 Å². The van der Waals surface area contributed by atoms with E-state index in [4.69, 9.17) is 9.47 Å². The lowest BCUT2D eigenvalue weighted by molar-refractivity contribution is -0.870. The number of quaternary nitrogens is 1. The van der Waals surface area contributed by atoms with Crippen LogP contribution in [0.2, 0.25) is 0 Å². The van der Waals surface area contributed by atoms with Gasteiger partial charge in [-0.25, -0.2) is 0 Å². The van der Waals surface area contributed by atoms with E-state index < -0.39 is 17.9 Å². The van der Waals surface area contributed by atoms with Crippen LogP contribution < -0.4 is 9.47 Å². The summed E-state index contributed by atoms with van der Waals surface area (Å²) in [4.78, 5) is 44.7. The summed E-state index contributed by atoms with van der Waals surface area (Å²) in [7, 11) is 6.44. The molecule has 0 saturated carbocycles. The van der Waals surface area contributed by atoms with Gasteiger partial charge in [0.15, 0.2) is 11.5 Å². The van der Waals surface area contributed by atoms with E-state index in [0.717, 1.165) is 42.3 Å². The number of ether oxygens (including phenoxy) is 2. The first-order valence-electron chi connectivity index (χ1n) is 14.3. The molecule has 2 amide bonds. The highest BCUT2D eigenvalue weighted by Crippen LogP contribution is 2.42. The van der Waals surface area contributed by atoms with Gasteiger partial charge in [0, 0.05) is 57.5 Å². The van der Waals surface area contributed by atoms with E-state index in [9.17, 15) is 19.5 Å². The maximum atomic E-state index is 13.7. The van der Waals surface area contributed by atoms with E-state index in [2.05, 4.69) is 28.1 Å². The van der Waals surface area contributed by atoms with Crippen molar-refractivity contribution in [1.29, 1.82) is 0 Å². The van der Waals surface area contributed by atoms with Crippen LogP contribution in [0.5, 0.6) is 11.5 Å². The van der Waals surface area contributed by atoms with Crippen LogP contribution in [0, 0.1) is 5.92 Å². The number of carboxylic acids is 1. The number of hydrogen-bond acceptors (Lipinski definition) is 6. The summed E-state index contributed by atoms with van der Waals surface area (Å²) < 4.78 is 11.9. The van der Waals surface area contributed by atoms with Crippen LogP contribution in [-0.4, -0.2) is 122 Å². The maximum absolute atomic E-state index is 13.7. The Kier molecular flexibility index (Phi) is 9.38. The minimum absolute atomic E-state index is 0.0260. The molecular weight excluding hydrogens is 500 g/mol. The fourth-order valence-electron chi connectivity index (χ4n) is 6.04. The fourth-order valence-corrected chi connectivity index (χ4v) is 6.04. The number of aliphatic carboxylic acids is 1. The Balaban J connectivity index is 1.57. The number of benzene rings is 1. The SMILES string of the molecule is CCCCN(CCC[N+](C)(C)C)C(=O)CN1CC(c2ccc3c(c2)OCO3)C(C(=O)O)C1CN1CCCC1=O. The van der Waals surface area contributed by atoms with Gasteiger partial charge in [0.2, 0.25) is 18.6 Å². The van der Waals surface area contributed by atoms with Gasteiger partial charge in [0.1, 0.15) is 0 Å². The number of rotatable bonds is 13. The first-order valence-corrected chi connectivity index (χ1v) is 14.3. The molecule has 0 radical (unpaired) electrons. The van der Waals surface area contributed by atoms with Gasteiger partial charge in [-0.05, 0) is 30.5 Å². The third kappa shape index (κ3) is 7.22. The van der Waals surface area contributed by atoms with Crippen molar-refractivity contribution in [3.05, 3.63) is 23.8 Å². The smallest absolute Gasteiger partial charge is 0.308 e. The Morgan fingerprint density at radius 3 is 2.54 bits per heavy atom. The number of fused-ring (bicyclic) bond motifs is 1. The highest BCUT2D eigenvalue weighted by molar-refractivity contribution is 5.80. The van der Waals surface area contributed by atoms with E-state index in [1.807, 2.05) is 28.0 Å². The molecule has 4 rings (SSSR count). The molecule has 3 aliphatic heterocycles. The Morgan fingerprint density at radius 2 is 1.87 bits per heavy atom. The molecule has 3 atom stereocenters. The van der Waals surface area contributed by atoms with Gasteiger partial charge in [0.25, 0.3) is 0 Å². The number of unbranched alkanes of at least 4 members (excludes halogenated alkanes) is 1. The second kappa shape index (κ2) is 12.6. The lowest BCUT2D eigenvalue weighted by Gasteiger charge is -2.32. The fraction of sp³-hybridized carbons (Fsp3) is 0.690. The van der Waals surface area contributed by atoms with Crippen molar-refractivity contribution in [2.75, 3.05) is 73.7 Å². The van der Waals surface area contributed by atoms with Crippen LogP contribution in [0.1, 0.15) is 50.5 Å².